The lowest BCUT2D eigenvalue weighted by Crippen LogP contribution is -2.38. The van der Waals surface area contributed by atoms with Gasteiger partial charge in [0, 0.05) is 42.7 Å². The first-order valence-corrected chi connectivity index (χ1v) is 15.4. The van der Waals surface area contributed by atoms with Crippen LogP contribution in [0.4, 0.5) is 30.5 Å². The average molecular weight is 637 g/mol. The zero-order valence-corrected chi connectivity index (χ0v) is 25.2. The summed E-state index contributed by atoms with van der Waals surface area (Å²) in [4.78, 5) is 37.5. The molecule has 4 N–H and O–H groups in total. The van der Waals surface area contributed by atoms with Gasteiger partial charge >= 0.3 is 6.18 Å². The highest BCUT2D eigenvalue weighted by Gasteiger charge is 2.39. The Morgan fingerprint density at radius 3 is 2.69 bits per heavy atom. The second-order valence-corrected chi connectivity index (χ2v) is 12.6. The number of anilines is 3. The summed E-state index contributed by atoms with van der Waals surface area (Å²) < 4.78 is 39.3. The van der Waals surface area contributed by atoms with Crippen molar-refractivity contribution in [3.05, 3.63) is 82.3 Å². The molecule has 6 rings (SSSR count). The van der Waals surface area contributed by atoms with Gasteiger partial charge in [0.1, 0.15) is 16.3 Å². The molecule has 13 heteroatoms. The van der Waals surface area contributed by atoms with Crippen LogP contribution in [0.1, 0.15) is 59.5 Å². The third kappa shape index (κ3) is 6.99. The molecule has 0 unspecified atom stereocenters. The third-order valence-corrected chi connectivity index (χ3v) is 9.43. The Kier molecular flexibility index (Phi) is 8.31. The van der Waals surface area contributed by atoms with Crippen LogP contribution in [0.3, 0.4) is 0 Å². The molecule has 2 aromatic heterocycles. The molecule has 2 aromatic carbocycles. The maximum atomic E-state index is 13.1. The monoisotopic (exact) mass is 636 g/mol. The predicted molar refractivity (Wildman–Crippen MR) is 164 cm³/mol. The number of carbonyl (C=O) groups excluding carboxylic acids is 2. The minimum atomic E-state index is -4.58. The van der Waals surface area contributed by atoms with Gasteiger partial charge in [-0.3, -0.25) is 9.59 Å². The molecule has 9 nitrogen and oxygen atoms in total. The molecule has 234 valence electrons. The van der Waals surface area contributed by atoms with Gasteiger partial charge in [0.15, 0.2) is 0 Å². The number of alkyl halides is 3. The van der Waals surface area contributed by atoms with Gasteiger partial charge in [-0.15, -0.1) is 11.3 Å². The fraction of sp³-hybridized carbons (Fsp3) is 0.344. The SMILES string of the molecule is Cc1cc(Nc2nccc(C(F)(F)F)n2)cc(-c2cnc(C3(O)CCC(C(=O)NCc4ccc5c(c4)NC(=O)CC5)CC3)s2)c1. The highest BCUT2D eigenvalue weighted by Crippen LogP contribution is 2.43. The highest BCUT2D eigenvalue weighted by atomic mass is 32.1. The molecule has 0 bridgehead atoms. The fourth-order valence-electron chi connectivity index (χ4n) is 5.76. The number of hydrogen-bond donors (Lipinski definition) is 4. The number of halogens is 3. The van der Waals surface area contributed by atoms with E-state index in [-0.39, 0.29) is 23.7 Å². The van der Waals surface area contributed by atoms with Crippen LogP contribution in [0.2, 0.25) is 0 Å². The Hall–Kier alpha value is -4.36. The van der Waals surface area contributed by atoms with E-state index in [4.69, 9.17) is 0 Å². The van der Waals surface area contributed by atoms with E-state index in [0.717, 1.165) is 45.1 Å². The number of amides is 2. The summed E-state index contributed by atoms with van der Waals surface area (Å²) in [6.07, 6.45) is 1.13. The van der Waals surface area contributed by atoms with Gasteiger partial charge in [0.2, 0.25) is 17.8 Å². The molecule has 0 spiro atoms. The van der Waals surface area contributed by atoms with Crippen LogP contribution in [-0.4, -0.2) is 31.9 Å². The average Bonchev–Trinajstić information content (AvgIpc) is 3.51. The Balaban J connectivity index is 1.07. The van der Waals surface area contributed by atoms with Crippen molar-refractivity contribution in [2.24, 2.45) is 5.92 Å². The molecule has 0 radical (unpaired) electrons. The van der Waals surface area contributed by atoms with Gasteiger partial charge in [0.05, 0.1) is 4.88 Å². The van der Waals surface area contributed by atoms with Crippen molar-refractivity contribution in [2.45, 2.75) is 63.8 Å². The van der Waals surface area contributed by atoms with E-state index >= 15 is 0 Å². The number of nitrogens with zero attached hydrogens (tertiary/aromatic N) is 3. The molecule has 4 aromatic rings. The smallest absolute Gasteiger partial charge is 0.383 e. The van der Waals surface area contributed by atoms with Crippen molar-refractivity contribution < 1.29 is 27.9 Å². The van der Waals surface area contributed by atoms with Crippen molar-refractivity contribution in [2.75, 3.05) is 10.6 Å². The quantitative estimate of drug-likeness (QED) is 0.189. The molecule has 2 amide bonds. The minimum absolute atomic E-state index is 0.00417. The molecular weight excluding hydrogens is 605 g/mol. The zero-order valence-electron chi connectivity index (χ0n) is 24.4. The van der Waals surface area contributed by atoms with Crippen LogP contribution in [0.15, 0.2) is 54.9 Å². The fourth-order valence-corrected chi connectivity index (χ4v) is 6.81. The zero-order chi connectivity index (χ0) is 31.8. The number of hydrogen-bond acceptors (Lipinski definition) is 8. The Labute approximate surface area is 261 Å². The van der Waals surface area contributed by atoms with E-state index in [0.29, 0.717) is 55.8 Å². The summed E-state index contributed by atoms with van der Waals surface area (Å²) in [5.41, 5.74) is 2.76. The topological polar surface area (TPSA) is 129 Å². The van der Waals surface area contributed by atoms with Gasteiger partial charge in [-0.05, 0) is 85.5 Å². The number of thiazole rings is 1. The molecule has 0 saturated heterocycles. The molecule has 45 heavy (non-hydrogen) atoms. The summed E-state index contributed by atoms with van der Waals surface area (Å²) in [6.45, 7) is 2.22. The normalized spacial score (nSPS) is 19.8. The van der Waals surface area contributed by atoms with Gasteiger partial charge in [0.25, 0.3) is 0 Å². The van der Waals surface area contributed by atoms with Gasteiger partial charge in [-0.2, -0.15) is 13.2 Å². The number of aryl methyl sites for hydroxylation is 2. The van der Waals surface area contributed by atoms with Crippen LogP contribution in [0.25, 0.3) is 10.4 Å². The lowest BCUT2D eigenvalue weighted by Gasteiger charge is -2.34. The van der Waals surface area contributed by atoms with Gasteiger partial charge < -0.3 is 21.1 Å². The largest absolute Gasteiger partial charge is 0.433 e. The summed E-state index contributed by atoms with van der Waals surface area (Å²) >= 11 is 1.35. The molecule has 1 aliphatic heterocycles. The predicted octanol–water partition coefficient (Wildman–Crippen LogP) is 6.25. The van der Waals surface area contributed by atoms with E-state index in [9.17, 15) is 27.9 Å². The summed E-state index contributed by atoms with van der Waals surface area (Å²) in [7, 11) is 0. The number of benzene rings is 2. The number of aliphatic hydroxyl groups is 1. The highest BCUT2D eigenvalue weighted by molar-refractivity contribution is 7.15. The van der Waals surface area contributed by atoms with Crippen molar-refractivity contribution >= 4 is 40.5 Å². The van der Waals surface area contributed by atoms with Crippen molar-refractivity contribution in [3.8, 4) is 10.4 Å². The number of aromatic nitrogens is 3. The lowest BCUT2D eigenvalue weighted by molar-refractivity contribution is -0.141. The van der Waals surface area contributed by atoms with Crippen LogP contribution < -0.4 is 16.0 Å². The van der Waals surface area contributed by atoms with Gasteiger partial charge in [-0.25, -0.2) is 15.0 Å². The van der Waals surface area contributed by atoms with Crippen molar-refractivity contribution in [1.82, 2.24) is 20.3 Å². The lowest BCUT2D eigenvalue weighted by atomic mass is 9.78. The molecule has 1 aliphatic carbocycles. The van der Waals surface area contributed by atoms with Crippen LogP contribution in [-0.2, 0) is 34.3 Å². The molecular formula is C32H31F3N6O3S. The first-order valence-electron chi connectivity index (χ1n) is 14.6. The van der Waals surface area contributed by atoms with E-state index in [1.807, 2.05) is 31.2 Å². The maximum absolute atomic E-state index is 13.1. The number of carbonyl (C=O) groups is 2. The van der Waals surface area contributed by atoms with Crippen LogP contribution in [0, 0.1) is 12.8 Å². The van der Waals surface area contributed by atoms with Gasteiger partial charge in [-0.1, -0.05) is 18.2 Å². The molecule has 1 saturated carbocycles. The van der Waals surface area contributed by atoms with E-state index < -0.39 is 17.5 Å². The minimum Gasteiger partial charge on any atom is -0.383 e. The van der Waals surface area contributed by atoms with Crippen LogP contribution in [0.5, 0.6) is 0 Å². The Morgan fingerprint density at radius 1 is 1.11 bits per heavy atom. The third-order valence-electron chi connectivity index (χ3n) is 8.19. The van der Waals surface area contributed by atoms with Crippen LogP contribution >= 0.6 is 11.3 Å². The molecule has 0 atom stereocenters. The van der Waals surface area contributed by atoms with Crippen molar-refractivity contribution in [3.63, 3.8) is 0 Å². The summed E-state index contributed by atoms with van der Waals surface area (Å²) in [5, 5.41) is 20.8. The number of nitrogens with one attached hydrogen (secondary N) is 3. The van der Waals surface area contributed by atoms with E-state index in [1.165, 1.54) is 11.3 Å². The maximum Gasteiger partial charge on any atom is 0.433 e. The van der Waals surface area contributed by atoms with E-state index in [2.05, 4.69) is 30.9 Å². The van der Waals surface area contributed by atoms with Crippen molar-refractivity contribution in [1.29, 1.82) is 0 Å². The first-order chi connectivity index (χ1) is 21.4. The molecule has 3 heterocycles. The second-order valence-electron chi connectivity index (χ2n) is 11.6. The summed E-state index contributed by atoms with van der Waals surface area (Å²) in [5.74, 6) is -0.471. The molecule has 1 fully saturated rings. The first kappa shape index (κ1) is 30.7. The number of rotatable bonds is 7. The Morgan fingerprint density at radius 2 is 1.91 bits per heavy atom. The number of fused-ring (bicyclic) bond motifs is 1. The Bertz CT molecular complexity index is 1750. The van der Waals surface area contributed by atoms with E-state index in [1.54, 1.807) is 18.3 Å². The summed E-state index contributed by atoms with van der Waals surface area (Å²) in [6, 6.07) is 12.1. The molecule has 2 aliphatic rings. The second kappa shape index (κ2) is 12.2. The standard InChI is InChI=1S/C32H31F3N6O3S/c1-18-12-22(15-23(13-18)39-30-36-11-8-26(41-30)32(33,34)35)25-17-38-29(45-25)31(44)9-6-21(7-10-31)28(43)37-16-19-2-3-20-4-5-27(42)40-24(20)14-19/h2-3,8,11-15,17,21,44H,4-7,9-10,16H2,1H3,(H,37,43)(H,40,42)(H,36,39,41).